The van der Waals surface area contributed by atoms with Gasteiger partial charge in [-0.15, -0.1) is 0 Å². The lowest BCUT2D eigenvalue weighted by Crippen LogP contribution is -2.47. The predicted octanol–water partition coefficient (Wildman–Crippen LogP) is 2.88. The molecule has 0 spiro atoms. The molecule has 0 bridgehead atoms. The Balaban J connectivity index is 1.44. The fourth-order valence-electron chi connectivity index (χ4n) is 5.11. The number of nitrogens with zero attached hydrogens (tertiary/aromatic N) is 3. The van der Waals surface area contributed by atoms with Crippen molar-refractivity contribution < 1.29 is 18.7 Å². The van der Waals surface area contributed by atoms with Crippen molar-refractivity contribution in [1.82, 2.24) is 4.98 Å². The first-order chi connectivity index (χ1) is 12.3. The Labute approximate surface area is 151 Å². The number of carboxylic acid groups (broad SMARTS) is 1. The highest BCUT2D eigenvalue weighted by Gasteiger charge is 2.56. The Bertz CT molecular complexity index is 772. The van der Waals surface area contributed by atoms with Crippen LogP contribution in [0.15, 0.2) is 6.07 Å². The zero-order chi connectivity index (χ0) is 18.2. The van der Waals surface area contributed by atoms with E-state index in [0.717, 1.165) is 37.4 Å². The van der Waals surface area contributed by atoms with Gasteiger partial charge in [-0.1, -0.05) is 0 Å². The van der Waals surface area contributed by atoms with Crippen molar-refractivity contribution in [3.05, 3.63) is 17.2 Å². The summed E-state index contributed by atoms with van der Waals surface area (Å²) in [5.41, 5.74) is 0.873. The van der Waals surface area contributed by atoms with Gasteiger partial charge in [0.1, 0.15) is 11.6 Å². The van der Waals surface area contributed by atoms with Gasteiger partial charge in [-0.3, -0.25) is 4.79 Å². The molecule has 1 unspecified atom stereocenters. The summed E-state index contributed by atoms with van der Waals surface area (Å²) in [6.07, 6.45) is 1.55. The van der Waals surface area contributed by atoms with E-state index in [9.17, 15) is 13.6 Å². The first-order valence-electron chi connectivity index (χ1n) is 9.51. The van der Waals surface area contributed by atoms with Crippen LogP contribution in [0, 0.1) is 17.8 Å². The van der Waals surface area contributed by atoms with E-state index in [0.29, 0.717) is 30.1 Å². The third-order valence-corrected chi connectivity index (χ3v) is 6.87. The average Bonchev–Trinajstić information content (AvgIpc) is 2.93. The van der Waals surface area contributed by atoms with E-state index in [-0.39, 0.29) is 24.3 Å². The van der Waals surface area contributed by atoms with E-state index < -0.39 is 11.9 Å². The van der Waals surface area contributed by atoms with Crippen molar-refractivity contribution in [2.24, 2.45) is 17.8 Å². The van der Waals surface area contributed by atoms with Gasteiger partial charge in [0.2, 0.25) is 0 Å². The summed E-state index contributed by atoms with van der Waals surface area (Å²) in [5, 5.41) is 8.97. The first kappa shape index (κ1) is 16.3. The summed E-state index contributed by atoms with van der Waals surface area (Å²) in [5.74, 6) is -1.16. The molecule has 3 fully saturated rings. The van der Waals surface area contributed by atoms with Crippen LogP contribution < -0.4 is 9.80 Å². The fraction of sp³-hybridized carbons (Fsp3) is 0.684. The lowest BCUT2D eigenvalue weighted by atomic mass is 10.0. The molecule has 5 nitrogen and oxygen atoms in total. The molecule has 26 heavy (non-hydrogen) atoms. The molecule has 5 rings (SSSR count). The van der Waals surface area contributed by atoms with Gasteiger partial charge in [0, 0.05) is 49.6 Å². The Kier molecular flexibility index (Phi) is 3.32. The summed E-state index contributed by atoms with van der Waals surface area (Å²) in [6, 6.07) is 1.94. The van der Waals surface area contributed by atoms with E-state index >= 15 is 0 Å². The molecule has 0 radical (unpaired) electrons. The van der Waals surface area contributed by atoms with Gasteiger partial charge in [-0.05, 0) is 43.6 Å². The van der Waals surface area contributed by atoms with Crippen molar-refractivity contribution in [2.45, 2.75) is 44.6 Å². The van der Waals surface area contributed by atoms with Crippen molar-refractivity contribution in [3.8, 4) is 0 Å². The van der Waals surface area contributed by atoms with Crippen LogP contribution >= 0.6 is 0 Å². The number of carbonyl (C=O) groups is 1. The van der Waals surface area contributed by atoms with E-state index in [1.165, 1.54) is 0 Å². The monoisotopic (exact) mass is 363 g/mol. The van der Waals surface area contributed by atoms with E-state index in [4.69, 9.17) is 10.1 Å². The summed E-state index contributed by atoms with van der Waals surface area (Å²) in [4.78, 5) is 19.9. The van der Waals surface area contributed by atoms with Gasteiger partial charge in [-0.2, -0.15) is 0 Å². The number of rotatable bonds is 4. The van der Waals surface area contributed by atoms with Gasteiger partial charge in [0.25, 0.3) is 5.92 Å². The number of anilines is 2. The molecule has 1 N–H and O–H groups in total. The molecule has 4 aliphatic rings. The van der Waals surface area contributed by atoms with E-state index in [1.807, 2.05) is 0 Å². The second kappa shape index (κ2) is 5.30. The minimum atomic E-state index is -2.77. The predicted molar refractivity (Wildman–Crippen MR) is 92.8 cm³/mol. The lowest BCUT2D eigenvalue weighted by molar-refractivity contribution is -0.137. The fourth-order valence-corrected chi connectivity index (χ4v) is 5.11. The summed E-state index contributed by atoms with van der Waals surface area (Å²) >= 11 is 0. The van der Waals surface area contributed by atoms with Crippen LogP contribution in [0.3, 0.4) is 0 Å². The molecule has 2 aliphatic carbocycles. The number of hydrogen-bond acceptors (Lipinski definition) is 4. The first-order valence-corrected chi connectivity index (χ1v) is 9.51. The summed E-state index contributed by atoms with van der Waals surface area (Å²) in [7, 11) is 0. The summed E-state index contributed by atoms with van der Waals surface area (Å²) in [6.45, 7) is 4.45. The van der Waals surface area contributed by atoms with Gasteiger partial charge in [-0.25, -0.2) is 13.8 Å². The molecule has 0 aromatic carbocycles. The molecular weight excluding hydrogens is 340 g/mol. The topological polar surface area (TPSA) is 56.7 Å². The maximum atomic E-state index is 14.4. The molecule has 140 valence electrons. The van der Waals surface area contributed by atoms with Crippen LogP contribution in [0.25, 0.3) is 0 Å². The van der Waals surface area contributed by atoms with Crippen molar-refractivity contribution in [3.63, 3.8) is 0 Å². The van der Waals surface area contributed by atoms with Gasteiger partial charge >= 0.3 is 5.97 Å². The number of aromatic nitrogens is 1. The van der Waals surface area contributed by atoms with Crippen LogP contribution in [0.5, 0.6) is 0 Å². The highest BCUT2D eigenvalue weighted by molar-refractivity contribution is 5.68. The van der Waals surface area contributed by atoms with E-state index in [1.54, 1.807) is 6.07 Å². The Morgan fingerprint density at radius 3 is 2.69 bits per heavy atom. The van der Waals surface area contributed by atoms with Crippen LogP contribution in [-0.4, -0.2) is 41.7 Å². The van der Waals surface area contributed by atoms with Crippen molar-refractivity contribution >= 4 is 17.6 Å². The molecule has 1 aromatic heterocycles. The number of pyridine rings is 1. The van der Waals surface area contributed by atoms with Crippen LogP contribution in [-0.2, 0) is 17.1 Å². The average molecular weight is 363 g/mol. The molecule has 4 atom stereocenters. The second-order valence-electron chi connectivity index (χ2n) is 8.36. The van der Waals surface area contributed by atoms with Crippen LogP contribution in [0.1, 0.15) is 37.3 Å². The highest BCUT2D eigenvalue weighted by atomic mass is 19.3. The number of hydrogen-bond donors (Lipinski definition) is 1. The number of fused-ring (bicyclic) bond motifs is 2. The SMILES string of the molecule is C[C@H]1CCN1c1nc(N2C[C@@H]3C(CC(=O)O)[C@@H]3C2)cc2c1CCC2(F)F. The standard InChI is InChI=1S/C19H23F2N3O2/c1-10-3-5-24(10)18-11-2-4-19(20,21)15(11)7-16(22-18)23-8-13-12(6-17(25)26)14(13)9-23/h7,10,12-14H,2-6,8-9H2,1H3,(H,25,26)/t10-,12?,13-,14+/m0/s1. The largest absolute Gasteiger partial charge is 0.481 e. The second-order valence-corrected chi connectivity index (χ2v) is 8.36. The smallest absolute Gasteiger partial charge is 0.303 e. The number of piperidine rings is 1. The van der Waals surface area contributed by atoms with Gasteiger partial charge < -0.3 is 14.9 Å². The number of alkyl halides is 2. The molecule has 2 saturated heterocycles. The van der Waals surface area contributed by atoms with Gasteiger partial charge in [0.05, 0.1) is 0 Å². The van der Waals surface area contributed by atoms with Crippen molar-refractivity contribution in [2.75, 3.05) is 29.4 Å². The molecule has 0 amide bonds. The normalized spacial score (nSPS) is 33.7. The third-order valence-electron chi connectivity index (χ3n) is 6.87. The van der Waals surface area contributed by atoms with Crippen LogP contribution in [0.2, 0.25) is 0 Å². The molecule has 2 aliphatic heterocycles. The number of aliphatic carboxylic acids is 1. The number of halogens is 2. The minimum absolute atomic E-state index is 0.130. The minimum Gasteiger partial charge on any atom is -0.481 e. The molecule has 1 aromatic rings. The van der Waals surface area contributed by atoms with Crippen LogP contribution in [0.4, 0.5) is 20.4 Å². The number of carboxylic acids is 1. The van der Waals surface area contributed by atoms with Crippen molar-refractivity contribution in [1.29, 1.82) is 0 Å². The zero-order valence-electron chi connectivity index (χ0n) is 14.8. The lowest BCUT2D eigenvalue weighted by Gasteiger charge is -2.41. The quantitative estimate of drug-likeness (QED) is 0.892. The van der Waals surface area contributed by atoms with E-state index in [2.05, 4.69) is 16.7 Å². The third kappa shape index (κ3) is 2.32. The zero-order valence-corrected chi connectivity index (χ0v) is 14.8. The molecule has 3 heterocycles. The summed E-state index contributed by atoms with van der Waals surface area (Å²) < 4.78 is 28.9. The maximum Gasteiger partial charge on any atom is 0.303 e. The maximum absolute atomic E-state index is 14.4. The Morgan fingerprint density at radius 1 is 1.38 bits per heavy atom. The van der Waals surface area contributed by atoms with Gasteiger partial charge in [0.15, 0.2) is 0 Å². The Hall–Kier alpha value is -1.92. The molecule has 1 saturated carbocycles. The highest BCUT2D eigenvalue weighted by Crippen LogP contribution is 2.55. The molecule has 7 heteroatoms. The molecular formula is C19H23F2N3O2. The Morgan fingerprint density at radius 2 is 2.12 bits per heavy atom.